The number of benzene rings is 4. The number of carbonyl (C=O) groups is 9. The lowest BCUT2D eigenvalue weighted by molar-refractivity contribution is -0.157. The Kier molecular flexibility index (Phi) is 28.5. The van der Waals surface area contributed by atoms with Crippen molar-refractivity contribution in [3.63, 3.8) is 0 Å². The lowest BCUT2D eigenvalue weighted by Crippen LogP contribution is -2.53. The van der Waals surface area contributed by atoms with E-state index in [1.54, 1.807) is 130 Å². The third-order valence-corrected chi connectivity index (χ3v) is 11.3. The monoisotopic (exact) mass is 1100 g/mol. The molecule has 4 aromatic rings. The minimum atomic E-state index is -1.49. The smallest absolute Gasteiger partial charge is 0.328 e. The van der Waals surface area contributed by atoms with Gasteiger partial charge in [0.15, 0.2) is 0 Å². The zero-order valence-corrected chi connectivity index (χ0v) is 45.0. The molecule has 426 valence electrons. The summed E-state index contributed by atoms with van der Waals surface area (Å²) >= 11 is 0. The summed E-state index contributed by atoms with van der Waals surface area (Å²) in [5.74, 6) is -6.43. The Balaban J connectivity index is 1.39. The summed E-state index contributed by atoms with van der Waals surface area (Å²) in [6.45, 7) is 4.41. The molecule has 0 spiro atoms. The van der Waals surface area contributed by atoms with Crippen LogP contribution in [0.15, 0.2) is 121 Å². The van der Waals surface area contributed by atoms with Gasteiger partial charge in [0.1, 0.15) is 62.8 Å². The van der Waals surface area contributed by atoms with Crippen LogP contribution in [0.25, 0.3) is 0 Å². The highest BCUT2D eigenvalue weighted by molar-refractivity contribution is 5.92. The van der Waals surface area contributed by atoms with E-state index in [4.69, 9.17) is 38.9 Å². The Morgan fingerprint density at radius 2 is 0.848 bits per heavy atom. The number of rotatable bonds is 35. The van der Waals surface area contributed by atoms with Gasteiger partial charge >= 0.3 is 29.8 Å². The molecule has 4 atom stereocenters. The van der Waals surface area contributed by atoms with Gasteiger partial charge in [-0.1, -0.05) is 121 Å². The van der Waals surface area contributed by atoms with Crippen molar-refractivity contribution in [2.45, 2.75) is 128 Å². The van der Waals surface area contributed by atoms with Gasteiger partial charge in [0.2, 0.25) is 23.6 Å². The Morgan fingerprint density at radius 1 is 0.443 bits per heavy atom. The maximum absolute atomic E-state index is 14.2. The van der Waals surface area contributed by atoms with Gasteiger partial charge in [-0.2, -0.15) is 0 Å². The van der Waals surface area contributed by atoms with E-state index in [1.165, 1.54) is 0 Å². The van der Waals surface area contributed by atoms with E-state index in [0.29, 0.717) is 11.1 Å². The Bertz CT molecular complexity index is 2530. The molecule has 21 heteroatoms. The van der Waals surface area contributed by atoms with Crippen LogP contribution in [-0.4, -0.2) is 116 Å². The van der Waals surface area contributed by atoms with Crippen molar-refractivity contribution in [3.05, 3.63) is 144 Å². The zero-order valence-electron chi connectivity index (χ0n) is 45.0. The topological polar surface area (TPSA) is 292 Å². The number of amides is 4. The van der Waals surface area contributed by atoms with Gasteiger partial charge in [-0.05, 0) is 68.7 Å². The first-order valence-electron chi connectivity index (χ1n) is 26.0. The molecular formula is C58H73N5O16. The summed E-state index contributed by atoms with van der Waals surface area (Å²) in [4.78, 5) is 118. The summed E-state index contributed by atoms with van der Waals surface area (Å²) in [5.41, 5.74) is 7.95. The third-order valence-electron chi connectivity index (χ3n) is 11.3. The number of esters is 5. The second-order valence-corrected chi connectivity index (χ2v) is 19.1. The van der Waals surface area contributed by atoms with Crippen LogP contribution in [0.1, 0.15) is 94.4 Å². The van der Waals surface area contributed by atoms with Crippen LogP contribution in [0.2, 0.25) is 0 Å². The van der Waals surface area contributed by atoms with Gasteiger partial charge in [0, 0.05) is 32.2 Å². The molecule has 0 bridgehead atoms. The van der Waals surface area contributed by atoms with E-state index in [1.807, 2.05) is 12.1 Å². The fourth-order valence-electron chi connectivity index (χ4n) is 7.14. The summed E-state index contributed by atoms with van der Waals surface area (Å²) in [6, 6.07) is 30.3. The van der Waals surface area contributed by atoms with Gasteiger partial charge < -0.3 is 60.2 Å². The SMILES string of the molecule is CC(C)(C)OC(=O)C(N)CCC(=O)NCCOCCOCC(=O)NC(CCC(=O)NC(CCC(=O)OCc1ccccc1)C(=O)OCc1ccccc1)C(=O)NC(CCC(=O)OCc1ccccc1)C(=O)OCc1ccccc1. The second kappa shape index (κ2) is 35.4. The Hall–Kier alpha value is -8.01. The fraction of sp³-hybridized carbons (Fsp3) is 0.431. The van der Waals surface area contributed by atoms with Crippen LogP contribution in [0.4, 0.5) is 0 Å². The highest BCUT2D eigenvalue weighted by atomic mass is 16.6. The Morgan fingerprint density at radius 3 is 1.32 bits per heavy atom. The molecule has 4 rings (SSSR count). The van der Waals surface area contributed by atoms with Crippen LogP contribution >= 0.6 is 0 Å². The maximum atomic E-state index is 14.2. The van der Waals surface area contributed by atoms with Crippen molar-refractivity contribution < 1.29 is 76.3 Å². The molecule has 6 N–H and O–H groups in total. The predicted molar refractivity (Wildman–Crippen MR) is 286 cm³/mol. The van der Waals surface area contributed by atoms with Crippen LogP contribution in [-0.2, 0) is 103 Å². The molecule has 0 saturated carbocycles. The normalized spacial score (nSPS) is 12.5. The first-order chi connectivity index (χ1) is 37.9. The molecule has 4 unspecified atom stereocenters. The van der Waals surface area contributed by atoms with Crippen LogP contribution < -0.4 is 27.0 Å². The molecule has 0 aliphatic carbocycles. The fourth-order valence-corrected chi connectivity index (χ4v) is 7.14. The molecule has 79 heavy (non-hydrogen) atoms. The molecule has 0 aliphatic heterocycles. The van der Waals surface area contributed by atoms with Crippen molar-refractivity contribution >= 4 is 53.5 Å². The quantitative estimate of drug-likeness (QED) is 0.0243. The van der Waals surface area contributed by atoms with E-state index in [9.17, 15) is 43.2 Å². The van der Waals surface area contributed by atoms with Crippen molar-refractivity contribution in [2.75, 3.05) is 33.0 Å². The molecule has 21 nitrogen and oxygen atoms in total. The number of nitrogens with one attached hydrogen (secondary N) is 4. The first kappa shape index (κ1) is 63.5. The standard InChI is InChI=1S/C58H73N5O16/c1-58(2,3)79-55(70)45(59)24-28-49(64)60-32-33-73-34-35-74-40-51(66)61-46(54(69)63-48(57(72)78-39-44-22-14-7-15-23-44)27-31-53(68)76-37-42-18-10-5-11-19-42)25-29-50(65)62-47(56(71)77-38-43-20-12-6-13-21-43)26-30-52(67)75-36-41-16-8-4-9-17-41/h4-23,45-48H,24-40,59H2,1-3H3,(H,60,64)(H,61,66)(H,62,65)(H,63,69). The lowest BCUT2D eigenvalue weighted by Gasteiger charge is -2.23. The van der Waals surface area contributed by atoms with Gasteiger partial charge in [0.25, 0.3) is 0 Å². The molecule has 4 aromatic carbocycles. The number of ether oxygens (including phenoxy) is 7. The van der Waals surface area contributed by atoms with Gasteiger partial charge in [-0.15, -0.1) is 0 Å². The maximum Gasteiger partial charge on any atom is 0.328 e. The molecule has 0 saturated heterocycles. The van der Waals surface area contributed by atoms with Gasteiger partial charge in [-0.3, -0.25) is 33.6 Å². The summed E-state index contributed by atoms with van der Waals surface area (Å²) < 4.78 is 38.1. The van der Waals surface area contributed by atoms with Crippen molar-refractivity contribution in [1.29, 1.82) is 0 Å². The van der Waals surface area contributed by atoms with E-state index < -0.39 is 90.4 Å². The van der Waals surface area contributed by atoms with Crippen molar-refractivity contribution in [2.24, 2.45) is 5.73 Å². The number of nitrogens with two attached hydrogens (primary N) is 1. The summed E-state index contributed by atoms with van der Waals surface area (Å²) in [6.07, 6.45) is -1.80. The van der Waals surface area contributed by atoms with Gasteiger partial charge in [0.05, 0.1) is 19.8 Å². The van der Waals surface area contributed by atoms with E-state index in [-0.39, 0.29) is 104 Å². The highest BCUT2D eigenvalue weighted by Crippen LogP contribution is 2.13. The van der Waals surface area contributed by atoms with Gasteiger partial charge in [-0.25, -0.2) is 9.59 Å². The minimum Gasteiger partial charge on any atom is -0.461 e. The lowest BCUT2D eigenvalue weighted by atomic mass is 10.1. The first-order valence-corrected chi connectivity index (χ1v) is 26.0. The van der Waals surface area contributed by atoms with Crippen LogP contribution in [0.5, 0.6) is 0 Å². The molecule has 0 heterocycles. The van der Waals surface area contributed by atoms with E-state index >= 15 is 0 Å². The van der Waals surface area contributed by atoms with Crippen LogP contribution in [0.3, 0.4) is 0 Å². The van der Waals surface area contributed by atoms with Crippen LogP contribution in [0, 0.1) is 0 Å². The number of carbonyl (C=O) groups excluding carboxylic acids is 9. The van der Waals surface area contributed by atoms with E-state index in [0.717, 1.165) is 11.1 Å². The van der Waals surface area contributed by atoms with Crippen molar-refractivity contribution in [1.82, 2.24) is 21.3 Å². The largest absolute Gasteiger partial charge is 0.461 e. The highest BCUT2D eigenvalue weighted by Gasteiger charge is 2.31. The van der Waals surface area contributed by atoms with Crippen molar-refractivity contribution in [3.8, 4) is 0 Å². The number of hydrogen-bond acceptors (Lipinski definition) is 17. The third kappa shape index (κ3) is 27.7. The average molecular weight is 1100 g/mol. The zero-order chi connectivity index (χ0) is 57.3. The summed E-state index contributed by atoms with van der Waals surface area (Å²) in [5, 5.41) is 10.4. The molecule has 0 aliphatic rings. The molecular weight excluding hydrogens is 1020 g/mol. The average Bonchev–Trinajstić information content (AvgIpc) is 3.44. The predicted octanol–water partition coefficient (Wildman–Crippen LogP) is 4.35. The van der Waals surface area contributed by atoms with E-state index in [2.05, 4.69) is 21.3 Å². The molecule has 0 aromatic heterocycles. The second-order valence-electron chi connectivity index (χ2n) is 19.1. The number of hydrogen-bond donors (Lipinski definition) is 5. The molecule has 4 amide bonds. The minimum absolute atomic E-state index is 0.00751. The molecule has 0 fully saturated rings. The Labute approximate surface area is 460 Å². The molecule has 0 radical (unpaired) electrons. The summed E-state index contributed by atoms with van der Waals surface area (Å²) in [7, 11) is 0.